The number of ketones is 2. The average Bonchev–Trinajstić information content (AvgIpc) is 2.80. The fourth-order valence-corrected chi connectivity index (χ4v) is 5.19. The summed E-state index contributed by atoms with van der Waals surface area (Å²) in [4.78, 5) is 25.6. The van der Waals surface area contributed by atoms with Gasteiger partial charge in [0.1, 0.15) is 12.4 Å². The minimum atomic E-state index is -0.997. The van der Waals surface area contributed by atoms with Crippen LogP contribution in [0.2, 0.25) is 6.32 Å². The van der Waals surface area contributed by atoms with Crippen molar-refractivity contribution in [3.63, 3.8) is 0 Å². The minimum absolute atomic E-state index is 0.0295. The topological polar surface area (TPSA) is 72.8 Å². The zero-order valence-corrected chi connectivity index (χ0v) is 17.0. The van der Waals surface area contributed by atoms with Crippen molar-refractivity contribution in [1.29, 1.82) is 0 Å². The summed E-state index contributed by atoms with van der Waals surface area (Å²) < 4.78 is 12.1. The molecule has 0 spiro atoms. The van der Waals surface area contributed by atoms with Crippen molar-refractivity contribution in [2.24, 2.45) is 17.8 Å². The third kappa shape index (κ3) is 3.77. The van der Waals surface area contributed by atoms with Crippen LogP contribution in [-0.4, -0.2) is 30.3 Å². The van der Waals surface area contributed by atoms with Crippen LogP contribution in [0, 0.1) is 17.8 Å². The normalized spacial score (nSPS) is 27.7. The molecule has 1 saturated heterocycles. The molecule has 0 unspecified atom stereocenters. The number of rotatable bonds is 4. The molecule has 0 saturated carbocycles. The molecular weight excluding hydrogens is 391 g/mol. The number of para-hydroxylation sites is 1. The molecule has 0 amide bonds. The van der Waals surface area contributed by atoms with E-state index in [0.29, 0.717) is 19.3 Å². The molecule has 2 aromatic rings. The molecule has 5 rings (SSSR count). The molecule has 31 heavy (non-hydrogen) atoms. The summed E-state index contributed by atoms with van der Waals surface area (Å²) in [7, 11) is -0.997. The minimum Gasteiger partial charge on any atom is -0.489 e. The van der Waals surface area contributed by atoms with E-state index in [0.717, 1.165) is 22.5 Å². The first-order chi connectivity index (χ1) is 15.1. The molecule has 1 N–H and O–H groups in total. The van der Waals surface area contributed by atoms with Gasteiger partial charge in [0.25, 0.3) is 0 Å². The van der Waals surface area contributed by atoms with Gasteiger partial charge in [0.05, 0.1) is 6.10 Å². The zero-order chi connectivity index (χ0) is 21.4. The molecule has 0 radical (unpaired) electrons. The van der Waals surface area contributed by atoms with Crippen LogP contribution in [0.5, 0.6) is 5.75 Å². The molecule has 1 heterocycles. The summed E-state index contributed by atoms with van der Waals surface area (Å²) in [6.07, 6.45) is 3.07. The van der Waals surface area contributed by atoms with Gasteiger partial charge in [-0.2, -0.15) is 0 Å². The smallest absolute Gasteiger partial charge is 0.455 e. The van der Waals surface area contributed by atoms with E-state index in [9.17, 15) is 14.6 Å². The SMILES string of the molecule is O=C1C=CC(=O)[C@@H]2CC(COc3ccccc3)=C3[C@@H](c4ccccc4)OB(O)C[C@@H]3[C@H]12. The summed E-state index contributed by atoms with van der Waals surface area (Å²) in [5, 5.41) is 10.5. The summed E-state index contributed by atoms with van der Waals surface area (Å²) in [6, 6.07) is 19.2. The number of benzene rings is 2. The quantitative estimate of drug-likeness (QED) is 0.612. The van der Waals surface area contributed by atoms with Crippen LogP contribution >= 0.6 is 0 Å². The van der Waals surface area contributed by atoms with Crippen LogP contribution in [0.25, 0.3) is 0 Å². The molecule has 4 atom stereocenters. The predicted molar refractivity (Wildman–Crippen MR) is 116 cm³/mol. The highest BCUT2D eigenvalue weighted by atomic mass is 16.5. The van der Waals surface area contributed by atoms with Crippen LogP contribution in [0.3, 0.4) is 0 Å². The van der Waals surface area contributed by atoms with E-state index >= 15 is 0 Å². The van der Waals surface area contributed by atoms with Crippen LogP contribution < -0.4 is 4.74 Å². The zero-order valence-electron chi connectivity index (χ0n) is 17.0. The van der Waals surface area contributed by atoms with Gasteiger partial charge in [-0.05, 0) is 59.7 Å². The van der Waals surface area contributed by atoms with Gasteiger partial charge in [-0.25, -0.2) is 0 Å². The predicted octanol–water partition coefficient (Wildman–Crippen LogP) is 3.57. The molecule has 2 aliphatic carbocycles. The lowest BCUT2D eigenvalue weighted by Crippen LogP contribution is -2.47. The monoisotopic (exact) mass is 414 g/mol. The van der Waals surface area contributed by atoms with Crippen molar-refractivity contribution in [2.45, 2.75) is 18.8 Å². The fourth-order valence-electron chi connectivity index (χ4n) is 5.19. The number of carbonyl (C=O) groups excluding carboxylic acids is 2. The van der Waals surface area contributed by atoms with Gasteiger partial charge < -0.3 is 14.4 Å². The Morgan fingerprint density at radius 3 is 2.35 bits per heavy atom. The second-order valence-electron chi connectivity index (χ2n) is 8.36. The first-order valence-electron chi connectivity index (χ1n) is 10.7. The summed E-state index contributed by atoms with van der Waals surface area (Å²) in [5.74, 6) is -0.467. The summed E-state index contributed by atoms with van der Waals surface area (Å²) >= 11 is 0. The van der Waals surface area contributed by atoms with E-state index in [1.807, 2.05) is 60.7 Å². The third-order valence-corrected chi connectivity index (χ3v) is 6.54. The molecule has 1 aliphatic heterocycles. The van der Waals surface area contributed by atoms with Gasteiger partial charge in [0.2, 0.25) is 0 Å². The van der Waals surface area contributed by atoms with Crippen molar-refractivity contribution in [2.75, 3.05) is 6.61 Å². The second kappa shape index (κ2) is 8.29. The molecule has 2 aromatic carbocycles. The molecular formula is C25H23BO5. The number of hydrogen-bond donors (Lipinski definition) is 1. The summed E-state index contributed by atoms with van der Waals surface area (Å²) in [6.45, 7) is 0.313. The Hall–Kier alpha value is -2.96. The number of hydrogen-bond acceptors (Lipinski definition) is 5. The number of fused-ring (bicyclic) bond motifs is 3. The van der Waals surface area contributed by atoms with Crippen molar-refractivity contribution in [1.82, 2.24) is 0 Å². The first kappa shape index (κ1) is 20.0. The maximum atomic E-state index is 12.8. The van der Waals surface area contributed by atoms with E-state index in [1.165, 1.54) is 12.2 Å². The fraction of sp³-hybridized carbons (Fsp3) is 0.280. The maximum absolute atomic E-state index is 12.8. The Labute approximate surface area is 181 Å². The van der Waals surface area contributed by atoms with Gasteiger partial charge >= 0.3 is 7.12 Å². The van der Waals surface area contributed by atoms with Gasteiger partial charge in [0.15, 0.2) is 11.6 Å². The van der Waals surface area contributed by atoms with Crippen molar-refractivity contribution in [3.05, 3.63) is 89.5 Å². The van der Waals surface area contributed by atoms with E-state index in [-0.39, 0.29) is 17.5 Å². The Morgan fingerprint density at radius 2 is 1.61 bits per heavy atom. The van der Waals surface area contributed by atoms with Gasteiger partial charge in [-0.3, -0.25) is 9.59 Å². The highest BCUT2D eigenvalue weighted by molar-refractivity contribution is 6.43. The van der Waals surface area contributed by atoms with E-state index in [2.05, 4.69) is 0 Å². The number of allylic oxidation sites excluding steroid dienone is 2. The standard InChI is InChI=1S/C25H23BO5/c27-21-11-12-22(28)24-19(21)13-17(15-30-18-9-5-2-6-10-18)23-20(24)14-26(29)31-25(23)16-7-3-1-4-8-16/h1-12,19-20,24-25,29H,13-15H2/t19-,20-,24+,25+/m0/s1. The number of carbonyl (C=O) groups is 2. The van der Waals surface area contributed by atoms with Gasteiger partial charge in [-0.15, -0.1) is 0 Å². The largest absolute Gasteiger partial charge is 0.489 e. The molecule has 3 aliphatic rings. The number of ether oxygens (including phenoxy) is 1. The Kier molecular flexibility index (Phi) is 5.34. The van der Waals surface area contributed by atoms with Crippen molar-refractivity contribution < 1.29 is 24.0 Å². The highest BCUT2D eigenvalue weighted by Gasteiger charge is 2.51. The molecule has 0 bridgehead atoms. The van der Waals surface area contributed by atoms with E-state index < -0.39 is 25.1 Å². The molecule has 0 aromatic heterocycles. The lowest BCUT2D eigenvalue weighted by molar-refractivity contribution is -0.131. The van der Waals surface area contributed by atoms with E-state index in [1.54, 1.807) is 0 Å². The highest BCUT2D eigenvalue weighted by Crippen LogP contribution is 2.51. The Morgan fingerprint density at radius 1 is 0.935 bits per heavy atom. The van der Waals surface area contributed by atoms with Crippen molar-refractivity contribution >= 4 is 18.7 Å². The van der Waals surface area contributed by atoms with Crippen LogP contribution in [0.15, 0.2) is 84.0 Å². The van der Waals surface area contributed by atoms with Gasteiger partial charge in [-0.1, -0.05) is 48.5 Å². The Bertz CT molecular complexity index is 1050. The van der Waals surface area contributed by atoms with Gasteiger partial charge in [0, 0.05) is 11.8 Å². The van der Waals surface area contributed by atoms with Crippen LogP contribution in [0.4, 0.5) is 0 Å². The molecule has 156 valence electrons. The average molecular weight is 414 g/mol. The lowest BCUT2D eigenvalue weighted by atomic mass is 9.55. The lowest BCUT2D eigenvalue weighted by Gasteiger charge is -2.46. The second-order valence-corrected chi connectivity index (χ2v) is 8.36. The molecule has 6 heteroatoms. The van der Waals surface area contributed by atoms with E-state index in [4.69, 9.17) is 9.39 Å². The van der Waals surface area contributed by atoms with Crippen molar-refractivity contribution in [3.8, 4) is 5.75 Å². The van der Waals surface area contributed by atoms with Crippen LogP contribution in [-0.2, 0) is 14.2 Å². The maximum Gasteiger partial charge on any atom is 0.455 e. The summed E-state index contributed by atoms with van der Waals surface area (Å²) in [5.41, 5.74) is 2.87. The molecule has 5 nitrogen and oxygen atoms in total. The Balaban J connectivity index is 1.59. The molecule has 1 fully saturated rings. The third-order valence-electron chi connectivity index (χ3n) is 6.54. The first-order valence-corrected chi connectivity index (χ1v) is 10.7. The van der Waals surface area contributed by atoms with Crippen LogP contribution in [0.1, 0.15) is 18.1 Å².